The molecule has 0 heterocycles. The van der Waals surface area contributed by atoms with Crippen LogP contribution in [0.25, 0.3) is 0 Å². The fourth-order valence-corrected chi connectivity index (χ4v) is 0. The highest BCUT2D eigenvalue weighted by Gasteiger charge is 1.97. The number of aliphatic hydroxyl groups is 1. The van der Waals surface area contributed by atoms with Gasteiger partial charge in [0, 0.05) is 0 Å². The lowest BCUT2D eigenvalue weighted by atomic mass is 10.2. The second kappa shape index (κ2) is 4.59. The van der Waals surface area contributed by atoms with Crippen molar-refractivity contribution in [2.45, 2.75) is 26.4 Å². The van der Waals surface area contributed by atoms with Gasteiger partial charge in [0.2, 0.25) is 0 Å². The predicted molar refractivity (Wildman–Crippen MR) is 30.7 cm³/mol. The van der Waals surface area contributed by atoms with Crippen molar-refractivity contribution in [3.8, 4) is 0 Å². The molecule has 0 radical (unpaired) electrons. The molecule has 0 aromatic rings. The van der Waals surface area contributed by atoms with Gasteiger partial charge < -0.3 is 10.2 Å². The van der Waals surface area contributed by atoms with Crippen LogP contribution >= 0.6 is 0 Å². The number of rotatable bonds is 0. The van der Waals surface area contributed by atoms with Gasteiger partial charge in [-0.15, -0.1) is 0 Å². The highest BCUT2D eigenvalue weighted by atomic mass is 16.3. The van der Waals surface area contributed by atoms with Gasteiger partial charge in [0.15, 0.2) is 0 Å². The molecule has 0 saturated carbocycles. The molecule has 0 aliphatic heterocycles. The summed E-state index contributed by atoms with van der Waals surface area (Å²) in [5, 5.41) is 15.4. The summed E-state index contributed by atoms with van der Waals surface area (Å²) in [5.41, 5.74) is -0.500. The van der Waals surface area contributed by atoms with Crippen LogP contribution in [0, 0.1) is 0 Å². The maximum atomic E-state index is 8.52. The second-order valence-corrected chi connectivity index (χ2v) is 2.28. The fourth-order valence-electron chi connectivity index (χ4n) is 0. The normalized spacial score (nSPS) is 9.00. The average Bonchev–Trinajstić information content (AvgIpc) is 1.27. The summed E-state index contributed by atoms with van der Waals surface area (Å²) in [6, 6.07) is 0. The van der Waals surface area contributed by atoms with Crippen molar-refractivity contribution in [2.24, 2.45) is 0 Å². The largest absolute Gasteiger partial charge is 0.483 e. The van der Waals surface area contributed by atoms with Crippen molar-refractivity contribution in [1.82, 2.24) is 0 Å². The zero-order valence-corrected chi connectivity index (χ0v) is 5.38. The third-order valence-corrected chi connectivity index (χ3v) is 0. The Bertz CT molecular complexity index is 47.2. The third-order valence-electron chi connectivity index (χ3n) is 0. The fraction of sp³-hybridized carbons (Fsp3) is 0.800. The van der Waals surface area contributed by atoms with Crippen LogP contribution in [0.4, 0.5) is 0 Å². The smallest absolute Gasteiger partial charge is 0.290 e. The summed E-state index contributed by atoms with van der Waals surface area (Å²) >= 11 is 0. The zero-order chi connectivity index (χ0) is 7.21. The third kappa shape index (κ3) is 328. The number of hydrogen-bond donors (Lipinski definition) is 2. The Morgan fingerprint density at radius 1 is 1.38 bits per heavy atom. The maximum absolute atomic E-state index is 8.52. The van der Waals surface area contributed by atoms with E-state index >= 15 is 0 Å². The number of hydrogen-bond acceptors (Lipinski definition) is 2. The highest BCUT2D eigenvalue weighted by Crippen LogP contribution is 1.93. The van der Waals surface area contributed by atoms with E-state index in [1.807, 2.05) is 0 Å². The Morgan fingerprint density at radius 2 is 1.38 bits per heavy atom. The molecule has 0 aromatic heterocycles. The molecule has 0 amide bonds. The minimum absolute atomic E-state index is 0.250. The minimum Gasteiger partial charge on any atom is -0.483 e. The van der Waals surface area contributed by atoms with Gasteiger partial charge in [-0.2, -0.15) is 0 Å². The first-order chi connectivity index (χ1) is 3.41. The molecule has 0 aliphatic carbocycles. The lowest BCUT2D eigenvalue weighted by Crippen LogP contribution is -2.10. The van der Waals surface area contributed by atoms with Crippen LogP contribution in [0.5, 0.6) is 0 Å². The van der Waals surface area contributed by atoms with E-state index in [1.54, 1.807) is 20.8 Å². The molecule has 0 unspecified atom stereocenters. The molecule has 0 atom stereocenters. The van der Waals surface area contributed by atoms with Gasteiger partial charge in [-0.1, -0.05) is 0 Å². The van der Waals surface area contributed by atoms with Gasteiger partial charge in [-0.3, -0.25) is 4.79 Å². The van der Waals surface area contributed by atoms with Crippen molar-refractivity contribution in [2.75, 3.05) is 0 Å². The van der Waals surface area contributed by atoms with Crippen molar-refractivity contribution in [3.05, 3.63) is 0 Å². The van der Waals surface area contributed by atoms with Crippen LogP contribution in [-0.4, -0.2) is 22.3 Å². The van der Waals surface area contributed by atoms with Gasteiger partial charge in [-0.25, -0.2) is 0 Å². The number of carbonyl (C=O) groups is 1. The lowest BCUT2D eigenvalue weighted by molar-refractivity contribution is -0.122. The first kappa shape index (κ1) is 10.4. The lowest BCUT2D eigenvalue weighted by Gasteiger charge is -2.04. The summed E-state index contributed by atoms with van der Waals surface area (Å²) in [5.74, 6) is 0. The monoisotopic (exact) mass is 120 g/mol. The highest BCUT2D eigenvalue weighted by molar-refractivity contribution is 5.32. The minimum atomic E-state index is -0.500. The van der Waals surface area contributed by atoms with E-state index < -0.39 is 5.60 Å². The SMILES string of the molecule is CC(C)(C)O.O=CO. The standard InChI is InChI=1S/C4H10O.CH2O2/c1-4(2,3)5;2-1-3/h5H,1-3H3;1H,(H,2,3). The van der Waals surface area contributed by atoms with Crippen LogP contribution in [0.15, 0.2) is 0 Å². The van der Waals surface area contributed by atoms with Crippen molar-refractivity contribution >= 4 is 6.47 Å². The van der Waals surface area contributed by atoms with Crippen LogP contribution < -0.4 is 0 Å². The van der Waals surface area contributed by atoms with Crippen molar-refractivity contribution in [3.63, 3.8) is 0 Å². The van der Waals surface area contributed by atoms with Gasteiger partial charge >= 0.3 is 0 Å². The molecule has 0 rings (SSSR count). The molecule has 0 spiro atoms. The molecule has 0 bridgehead atoms. The quantitative estimate of drug-likeness (QED) is 0.457. The van der Waals surface area contributed by atoms with Gasteiger partial charge in [0.1, 0.15) is 0 Å². The first-order valence-corrected chi connectivity index (χ1v) is 2.22. The topological polar surface area (TPSA) is 57.5 Å². The predicted octanol–water partition coefficient (Wildman–Crippen LogP) is 0.478. The van der Waals surface area contributed by atoms with E-state index in [4.69, 9.17) is 15.0 Å². The molecular formula is C5H12O3. The molecule has 3 heteroatoms. The summed E-state index contributed by atoms with van der Waals surface area (Å²) in [7, 11) is 0. The van der Waals surface area contributed by atoms with Crippen LogP contribution in [0.1, 0.15) is 20.8 Å². The van der Waals surface area contributed by atoms with Gasteiger partial charge in [-0.05, 0) is 20.8 Å². The zero-order valence-electron chi connectivity index (χ0n) is 5.38. The molecule has 50 valence electrons. The van der Waals surface area contributed by atoms with Crippen molar-refractivity contribution < 1.29 is 15.0 Å². The van der Waals surface area contributed by atoms with E-state index in [0.29, 0.717) is 0 Å². The Labute approximate surface area is 49.0 Å². The van der Waals surface area contributed by atoms with E-state index in [9.17, 15) is 0 Å². The molecule has 0 fully saturated rings. The van der Waals surface area contributed by atoms with Crippen LogP contribution in [0.2, 0.25) is 0 Å². The molecule has 0 saturated heterocycles. The Kier molecular flexibility index (Phi) is 5.97. The maximum Gasteiger partial charge on any atom is 0.290 e. The number of carboxylic acid groups (broad SMARTS) is 1. The second-order valence-electron chi connectivity index (χ2n) is 2.28. The van der Waals surface area contributed by atoms with E-state index in [0.717, 1.165) is 0 Å². The summed E-state index contributed by atoms with van der Waals surface area (Å²) in [6.07, 6.45) is 0. The first-order valence-electron chi connectivity index (χ1n) is 2.22. The summed E-state index contributed by atoms with van der Waals surface area (Å²) < 4.78 is 0. The molecule has 2 N–H and O–H groups in total. The van der Waals surface area contributed by atoms with Gasteiger partial charge in [0.05, 0.1) is 5.60 Å². The van der Waals surface area contributed by atoms with E-state index in [1.165, 1.54) is 0 Å². The van der Waals surface area contributed by atoms with E-state index in [-0.39, 0.29) is 6.47 Å². The Morgan fingerprint density at radius 3 is 1.38 bits per heavy atom. The Hall–Kier alpha value is -0.570. The molecular weight excluding hydrogens is 108 g/mol. The van der Waals surface area contributed by atoms with E-state index in [2.05, 4.69) is 0 Å². The van der Waals surface area contributed by atoms with Crippen LogP contribution in [-0.2, 0) is 4.79 Å². The Balaban J connectivity index is 0. The molecule has 3 nitrogen and oxygen atoms in total. The van der Waals surface area contributed by atoms with Crippen molar-refractivity contribution in [1.29, 1.82) is 0 Å². The average molecular weight is 120 g/mol. The summed E-state index contributed by atoms with van der Waals surface area (Å²) in [4.78, 5) is 8.36. The molecule has 0 aromatic carbocycles. The van der Waals surface area contributed by atoms with Crippen LogP contribution in [0.3, 0.4) is 0 Å². The molecule has 0 aliphatic rings. The van der Waals surface area contributed by atoms with Gasteiger partial charge in [0.25, 0.3) is 6.47 Å². The summed E-state index contributed by atoms with van der Waals surface area (Å²) in [6.45, 7) is 4.98. The molecule has 8 heavy (non-hydrogen) atoms.